The number of hydrogen-bond donors (Lipinski definition) is 2. The molecule has 6 heteroatoms. The van der Waals surface area contributed by atoms with Gasteiger partial charge in [0.25, 0.3) is 0 Å². The number of amides is 1. The summed E-state index contributed by atoms with van der Waals surface area (Å²) in [4.78, 5) is 31.9. The topological polar surface area (TPSA) is 69.6 Å². The van der Waals surface area contributed by atoms with E-state index in [-0.39, 0.29) is 34.7 Å². The third-order valence-corrected chi connectivity index (χ3v) is 14.4. The van der Waals surface area contributed by atoms with Gasteiger partial charge < -0.3 is 10.4 Å². The molecule has 1 spiro atoms. The molecule has 2 aliphatic heterocycles. The van der Waals surface area contributed by atoms with Crippen LogP contribution in [0.1, 0.15) is 82.3 Å². The van der Waals surface area contributed by atoms with E-state index in [4.69, 9.17) is 0 Å². The number of rotatable bonds is 3. The van der Waals surface area contributed by atoms with Crippen molar-refractivity contribution in [2.75, 3.05) is 18.9 Å². The van der Waals surface area contributed by atoms with Crippen LogP contribution in [0, 0.1) is 40.4 Å². The molecule has 2 heterocycles. The number of halogens is 1. The van der Waals surface area contributed by atoms with Crippen molar-refractivity contribution in [1.29, 1.82) is 0 Å². The second kappa shape index (κ2) is 10.1. The lowest BCUT2D eigenvalue weighted by atomic mass is 9.47. The van der Waals surface area contributed by atoms with Crippen LogP contribution < -0.4 is 5.32 Å². The first-order valence-electron chi connectivity index (χ1n) is 16.9. The number of benzene rings is 2. The molecule has 8 rings (SSSR count). The Morgan fingerprint density at radius 2 is 1.77 bits per heavy atom. The van der Waals surface area contributed by atoms with Gasteiger partial charge in [0.2, 0.25) is 5.91 Å². The van der Waals surface area contributed by atoms with E-state index >= 15 is 4.79 Å². The third kappa shape index (κ3) is 3.83. The number of carbonyl (C=O) groups excluding carboxylic acids is 2. The van der Waals surface area contributed by atoms with Crippen molar-refractivity contribution in [3.8, 4) is 0 Å². The summed E-state index contributed by atoms with van der Waals surface area (Å²) in [6, 6.07) is 16.4. The van der Waals surface area contributed by atoms with Crippen LogP contribution in [0.25, 0.3) is 0 Å². The van der Waals surface area contributed by atoms with E-state index in [2.05, 4.69) is 76.4 Å². The summed E-state index contributed by atoms with van der Waals surface area (Å²) in [5.41, 5.74) is 3.53. The van der Waals surface area contributed by atoms with E-state index < -0.39 is 11.5 Å². The summed E-state index contributed by atoms with van der Waals surface area (Å²) < 4.78 is 1.02. The fourth-order valence-corrected chi connectivity index (χ4v) is 12.0. The van der Waals surface area contributed by atoms with Crippen molar-refractivity contribution < 1.29 is 14.7 Å². The van der Waals surface area contributed by atoms with Gasteiger partial charge in [0.1, 0.15) is 11.3 Å². The summed E-state index contributed by atoms with van der Waals surface area (Å²) in [7, 11) is 2.04. The first kappa shape index (κ1) is 29.1. The molecule has 1 unspecified atom stereocenters. The average molecular weight is 658 g/mol. The van der Waals surface area contributed by atoms with Gasteiger partial charge in [-0.15, -0.1) is 0 Å². The van der Waals surface area contributed by atoms with Gasteiger partial charge in [-0.3, -0.25) is 14.5 Å². The lowest BCUT2D eigenvalue weighted by Gasteiger charge is -2.58. The Kier molecular flexibility index (Phi) is 6.70. The van der Waals surface area contributed by atoms with Crippen LogP contribution in [0.5, 0.6) is 0 Å². The molecule has 2 aromatic carbocycles. The summed E-state index contributed by atoms with van der Waals surface area (Å²) in [5.74, 6) is 1.42. The van der Waals surface area contributed by atoms with E-state index in [0.717, 1.165) is 72.7 Å². The molecule has 5 nitrogen and oxygen atoms in total. The van der Waals surface area contributed by atoms with Crippen LogP contribution in [0.4, 0.5) is 5.69 Å². The minimum absolute atomic E-state index is 0.0494. The number of Topliss-reactive ketones (excluding diaryl/α,β-unsaturated/α-hetero) is 1. The van der Waals surface area contributed by atoms with Crippen LogP contribution in [-0.2, 0) is 15.1 Å². The molecule has 0 bridgehead atoms. The molecule has 44 heavy (non-hydrogen) atoms. The van der Waals surface area contributed by atoms with Gasteiger partial charge in [-0.25, -0.2) is 0 Å². The number of nitrogens with zero attached hydrogens (tertiary/aromatic N) is 1. The highest BCUT2D eigenvalue weighted by molar-refractivity contribution is 9.10. The molecule has 1 amide bonds. The van der Waals surface area contributed by atoms with Crippen LogP contribution in [0.15, 0.2) is 64.7 Å². The summed E-state index contributed by atoms with van der Waals surface area (Å²) in [6.45, 7) is 5.56. The number of aliphatic hydroxyl groups is 1. The molecule has 2 aromatic rings. The summed E-state index contributed by atoms with van der Waals surface area (Å²) >= 11 is 3.60. The molecule has 6 aliphatic rings. The number of para-hydroxylation sites is 1. The summed E-state index contributed by atoms with van der Waals surface area (Å²) in [5, 5.41) is 13.6. The highest BCUT2D eigenvalue weighted by Crippen LogP contribution is 2.67. The van der Waals surface area contributed by atoms with E-state index in [0.29, 0.717) is 30.1 Å². The minimum Gasteiger partial charge on any atom is -0.393 e. The number of allylic oxidation sites excluding steroid dienone is 1. The largest absolute Gasteiger partial charge is 0.393 e. The lowest BCUT2D eigenvalue weighted by Crippen LogP contribution is -2.55. The van der Waals surface area contributed by atoms with Crippen molar-refractivity contribution in [1.82, 2.24) is 4.90 Å². The Morgan fingerprint density at radius 1 is 1.00 bits per heavy atom. The molecular formula is C38H45BrN2O3. The van der Waals surface area contributed by atoms with E-state index in [1.807, 2.05) is 25.2 Å². The van der Waals surface area contributed by atoms with Gasteiger partial charge in [0.15, 0.2) is 0 Å². The first-order valence-corrected chi connectivity index (χ1v) is 17.7. The average Bonchev–Trinajstić information content (AvgIpc) is 3.63. The monoisotopic (exact) mass is 656 g/mol. The number of nitrogens with one attached hydrogen (secondary N) is 1. The van der Waals surface area contributed by atoms with Crippen LogP contribution in [0.2, 0.25) is 0 Å². The van der Waals surface area contributed by atoms with E-state index in [9.17, 15) is 9.90 Å². The highest BCUT2D eigenvalue weighted by Gasteiger charge is 2.67. The number of hydrogen-bond acceptors (Lipinski definition) is 4. The molecule has 0 aromatic heterocycles. The van der Waals surface area contributed by atoms with Crippen LogP contribution in [0.3, 0.4) is 0 Å². The molecule has 2 N–H and O–H groups in total. The van der Waals surface area contributed by atoms with E-state index in [1.54, 1.807) is 0 Å². The van der Waals surface area contributed by atoms with Crippen molar-refractivity contribution in [3.05, 3.63) is 75.8 Å². The maximum Gasteiger partial charge on any atom is 0.250 e. The van der Waals surface area contributed by atoms with Gasteiger partial charge >= 0.3 is 0 Å². The molecule has 0 radical (unpaired) electrons. The van der Waals surface area contributed by atoms with Gasteiger partial charge in [0, 0.05) is 34.1 Å². The second-order valence-corrected chi connectivity index (χ2v) is 16.4. The Bertz CT molecular complexity index is 1550. The fraction of sp³-hybridized carbons (Fsp3) is 0.579. The molecule has 232 valence electrons. The Labute approximate surface area is 270 Å². The first-order chi connectivity index (χ1) is 21.1. The molecule has 10 atom stereocenters. The second-order valence-electron chi connectivity index (χ2n) is 15.5. The maximum absolute atomic E-state index is 15.5. The number of ketones is 1. The zero-order valence-corrected chi connectivity index (χ0v) is 27.8. The number of anilines is 1. The minimum atomic E-state index is -1.00. The predicted molar refractivity (Wildman–Crippen MR) is 176 cm³/mol. The quantitative estimate of drug-likeness (QED) is 0.337. The van der Waals surface area contributed by atoms with Crippen molar-refractivity contribution in [2.45, 2.75) is 82.8 Å². The maximum atomic E-state index is 15.5. The van der Waals surface area contributed by atoms with Gasteiger partial charge in [0.05, 0.1) is 12.0 Å². The zero-order chi connectivity index (χ0) is 30.6. The number of likely N-dealkylation sites (N-methyl/N-ethyl adjacent to an activating group) is 1. The molecule has 4 aliphatic carbocycles. The zero-order valence-electron chi connectivity index (χ0n) is 26.2. The van der Waals surface area contributed by atoms with Crippen LogP contribution >= 0.6 is 15.9 Å². The predicted octanol–water partition coefficient (Wildman–Crippen LogP) is 7.45. The molecule has 3 saturated carbocycles. The Morgan fingerprint density at radius 3 is 2.57 bits per heavy atom. The van der Waals surface area contributed by atoms with E-state index in [1.165, 1.54) is 5.57 Å². The standard InChI is InChI=1S/C38H45BrN2O3/c1-36-18-16-25(42)20-23(36)10-13-26-28-14-15-31(37(28,2)19-17-29(26)36)34(43)33-27(22-8-11-24(39)12-9-22)21-41(3)38(33)30-6-4-5-7-32(30)40-35(38)44/h4-12,25-29,31,33,42H,13-21H2,1-3H3,(H,40,44)/t25-,26-,27-,28-,29-,31?,33+,36-,37-,38+/m0/s1. The molecule has 4 fully saturated rings. The number of fused-ring (bicyclic) bond motifs is 7. The van der Waals surface area contributed by atoms with Gasteiger partial charge in [-0.05, 0) is 111 Å². The Balaban J connectivity index is 1.19. The highest BCUT2D eigenvalue weighted by atomic mass is 79.9. The Hall–Kier alpha value is -2.28. The normalized spacial score (nSPS) is 42.7. The SMILES string of the molecule is CN1C[C@@H](c2ccc(Br)cc2)[C@H](C(=O)C2CC[C@H]3[C@@H]4CC=C5C[C@@H](O)CC[C@]5(C)[C@H]4CC[C@]23C)[C@]12C(=O)Nc1ccccc12. The van der Waals surface area contributed by atoms with Gasteiger partial charge in [-0.2, -0.15) is 0 Å². The van der Waals surface area contributed by atoms with Crippen molar-refractivity contribution in [2.24, 2.45) is 40.4 Å². The summed E-state index contributed by atoms with van der Waals surface area (Å²) in [6.07, 6.45) is 10.4. The smallest absolute Gasteiger partial charge is 0.250 e. The lowest BCUT2D eigenvalue weighted by molar-refractivity contribution is -0.142. The number of carbonyl (C=O) groups is 2. The number of aliphatic hydroxyl groups excluding tert-OH is 1. The van der Waals surface area contributed by atoms with Crippen molar-refractivity contribution in [3.63, 3.8) is 0 Å². The third-order valence-electron chi connectivity index (χ3n) is 13.9. The molecule has 1 saturated heterocycles. The molecular weight excluding hydrogens is 612 g/mol. The fourth-order valence-electron chi connectivity index (χ4n) is 11.8. The van der Waals surface area contributed by atoms with Crippen LogP contribution in [-0.4, -0.2) is 41.4 Å². The number of likely N-dealkylation sites (tertiary alicyclic amines) is 1. The van der Waals surface area contributed by atoms with Gasteiger partial charge in [-0.1, -0.05) is 71.8 Å². The van der Waals surface area contributed by atoms with Crippen molar-refractivity contribution >= 4 is 33.3 Å².